The molecule has 0 bridgehead atoms. The van der Waals surface area contributed by atoms with Gasteiger partial charge in [0.05, 0.1) is 12.7 Å². The van der Waals surface area contributed by atoms with Gasteiger partial charge in [-0.3, -0.25) is 9.59 Å². The molecule has 0 atom stereocenters. The second-order valence-electron chi connectivity index (χ2n) is 2.08. The Morgan fingerprint density at radius 3 is 1.82 bits per heavy atom. The van der Waals surface area contributed by atoms with Gasteiger partial charge in [-0.2, -0.15) is 0 Å². The summed E-state index contributed by atoms with van der Waals surface area (Å²) in [5, 5.41) is 0. The molecular formula is C7H11NO3. The molecule has 0 saturated carbocycles. The zero-order valence-electron chi connectivity index (χ0n) is 6.80. The lowest BCUT2D eigenvalue weighted by molar-refractivity contribution is -0.118. The van der Waals surface area contributed by atoms with Crippen molar-refractivity contribution in [3.05, 3.63) is 11.3 Å². The van der Waals surface area contributed by atoms with Crippen LogP contribution in [0.5, 0.6) is 0 Å². The summed E-state index contributed by atoms with van der Waals surface area (Å²) < 4.78 is 4.66. The SMILES string of the molecule is COC(C(C)=O)=C(C)C(N)=O. The minimum Gasteiger partial charge on any atom is -0.493 e. The Morgan fingerprint density at radius 1 is 1.27 bits per heavy atom. The number of hydrogen-bond acceptors (Lipinski definition) is 3. The Hall–Kier alpha value is -1.32. The topological polar surface area (TPSA) is 69.4 Å². The Morgan fingerprint density at radius 2 is 1.73 bits per heavy atom. The van der Waals surface area contributed by atoms with Crippen LogP contribution in [0.4, 0.5) is 0 Å². The highest BCUT2D eigenvalue weighted by atomic mass is 16.5. The van der Waals surface area contributed by atoms with Gasteiger partial charge in [-0.05, 0) is 6.92 Å². The molecule has 0 aromatic rings. The second-order valence-corrected chi connectivity index (χ2v) is 2.08. The lowest BCUT2D eigenvalue weighted by Crippen LogP contribution is -2.16. The largest absolute Gasteiger partial charge is 0.493 e. The highest BCUT2D eigenvalue weighted by molar-refractivity contribution is 6.02. The number of rotatable bonds is 3. The molecule has 0 aliphatic heterocycles. The molecule has 0 aromatic carbocycles. The molecule has 0 fully saturated rings. The van der Waals surface area contributed by atoms with Crippen molar-refractivity contribution >= 4 is 11.7 Å². The van der Waals surface area contributed by atoms with Crippen LogP contribution in [0.1, 0.15) is 13.8 Å². The molecule has 2 N–H and O–H groups in total. The van der Waals surface area contributed by atoms with Crippen LogP contribution in [0.3, 0.4) is 0 Å². The lowest BCUT2D eigenvalue weighted by Gasteiger charge is -2.03. The van der Waals surface area contributed by atoms with Gasteiger partial charge in [0.2, 0.25) is 5.91 Å². The molecule has 0 rings (SSSR count). The number of methoxy groups -OCH3 is 1. The van der Waals surface area contributed by atoms with Crippen LogP contribution < -0.4 is 5.73 Å². The van der Waals surface area contributed by atoms with Crippen LogP contribution in [-0.2, 0) is 14.3 Å². The smallest absolute Gasteiger partial charge is 0.248 e. The first kappa shape index (κ1) is 9.68. The zero-order valence-corrected chi connectivity index (χ0v) is 6.80. The monoisotopic (exact) mass is 157 g/mol. The van der Waals surface area contributed by atoms with Crippen molar-refractivity contribution in [2.75, 3.05) is 7.11 Å². The molecule has 0 unspecified atom stereocenters. The quantitative estimate of drug-likeness (QED) is 0.462. The summed E-state index contributed by atoms with van der Waals surface area (Å²) >= 11 is 0. The van der Waals surface area contributed by atoms with E-state index in [-0.39, 0.29) is 17.1 Å². The van der Waals surface area contributed by atoms with E-state index in [0.717, 1.165) is 0 Å². The number of amides is 1. The number of primary amides is 1. The van der Waals surface area contributed by atoms with E-state index in [0.29, 0.717) is 0 Å². The van der Waals surface area contributed by atoms with Crippen LogP contribution in [-0.4, -0.2) is 18.8 Å². The zero-order chi connectivity index (χ0) is 9.02. The number of nitrogens with two attached hydrogens (primary N) is 1. The van der Waals surface area contributed by atoms with Gasteiger partial charge in [-0.1, -0.05) is 0 Å². The minimum atomic E-state index is -0.642. The van der Waals surface area contributed by atoms with Gasteiger partial charge in [0, 0.05) is 6.92 Å². The molecule has 0 aromatic heterocycles. The minimum absolute atomic E-state index is 0.0255. The van der Waals surface area contributed by atoms with Gasteiger partial charge in [0.25, 0.3) is 0 Å². The molecule has 62 valence electrons. The fourth-order valence-corrected chi connectivity index (χ4v) is 0.673. The van der Waals surface area contributed by atoms with Crippen LogP contribution in [0.2, 0.25) is 0 Å². The van der Waals surface area contributed by atoms with Crippen molar-refractivity contribution in [2.45, 2.75) is 13.8 Å². The maximum absolute atomic E-state index is 10.7. The molecule has 0 aliphatic rings. The Kier molecular flexibility index (Phi) is 3.30. The molecule has 0 aliphatic carbocycles. The van der Waals surface area contributed by atoms with Crippen molar-refractivity contribution < 1.29 is 14.3 Å². The molecular weight excluding hydrogens is 146 g/mol. The van der Waals surface area contributed by atoms with E-state index in [4.69, 9.17) is 5.73 Å². The fraction of sp³-hybridized carbons (Fsp3) is 0.429. The van der Waals surface area contributed by atoms with Gasteiger partial charge in [0.1, 0.15) is 0 Å². The van der Waals surface area contributed by atoms with Crippen molar-refractivity contribution in [2.24, 2.45) is 5.73 Å². The molecule has 0 heterocycles. The summed E-state index contributed by atoms with van der Waals surface area (Å²) in [6.45, 7) is 2.76. The standard InChI is InChI=1S/C7H11NO3/c1-4(7(8)10)6(11-3)5(2)9/h1-3H3,(H2,8,10). The van der Waals surface area contributed by atoms with Crippen molar-refractivity contribution in [3.63, 3.8) is 0 Å². The van der Waals surface area contributed by atoms with Gasteiger partial charge in [0.15, 0.2) is 11.5 Å². The van der Waals surface area contributed by atoms with E-state index < -0.39 is 5.91 Å². The molecule has 11 heavy (non-hydrogen) atoms. The number of ketones is 1. The highest BCUT2D eigenvalue weighted by Crippen LogP contribution is 2.04. The number of carbonyl (C=O) groups is 2. The molecule has 4 nitrogen and oxygen atoms in total. The van der Waals surface area contributed by atoms with E-state index >= 15 is 0 Å². The van der Waals surface area contributed by atoms with Crippen LogP contribution >= 0.6 is 0 Å². The second kappa shape index (κ2) is 3.75. The fourth-order valence-electron chi connectivity index (χ4n) is 0.673. The van der Waals surface area contributed by atoms with Gasteiger partial charge >= 0.3 is 0 Å². The number of Topliss-reactive ketones (excluding diaryl/α,β-unsaturated/α-hetero) is 1. The molecule has 4 heteroatoms. The van der Waals surface area contributed by atoms with Crippen LogP contribution in [0.25, 0.3) is 0 Å². The first-order valence-corrected chi connectivity index (χ1v) is 3.06. The van der Waals surface area contributed by atoms with E-state index in [9.17, 15) is 9.59 Å². The normalized spacial score (nSPS) is 11.9. The highest BCUT2D eigenvalue weighted by Gasteiger charge is 2.11. The summed E-state index contributed by atoms with van der Waals surface area (Å²) in [6.07, 6.45) is 0. The number of carbonyl (C=O) groups excluding carboxylic acids is 2. The molecule has 0 spiro atoms. The average molecular weight is 157 g/mol. The maximum atomic E-state index is 10.7. The Bertz CT molecular complexity index is 218. The Labute approximate surface area is 65.0 Å². The first-order valence-electron chi connectivity index (χ1n) is 3.06. The van der Waals surface area contributed by atoms with E-state index in [1.165, 1.54) is 21.0 Å². The van der Waals surface area contributed by atoms with Crippen molar-refractivity contribution in [1.82, 2.24) is 0 Å². The van der Waals surface area contributed by atoms with Gasteiger partial charge in [-0.25, -0.2) is 0 Å². The van der Waals surface area contributed by atoms with Gasteiger partial charge < -0.3 is 10.5 Å². The van der Waals surface area contributed by atoms with E-state index in [1.54, 1.807) is 0 Å². The molecule has 1 amide bonds. The molecule has 0 saturated heterocycles. The summed E-state index contributed by atoms with van der Waals surface area (Å²) in [5.41, 5.74) is 5.07. The van der Waals surface area contributed by atoms with Gasteiger partial charge in [-0.15, -0.1) is 0 Å². The summed E-state index contributed by atoms with van der Waals surface area (Å²) in [7, 11) is 1.32. The van der Waals surface area contributed by atoms with Crippen LogP contribution in [0, 0.1) is 0 Å². The number of ether oxygens (including phenoxy) is 1. The van der Waals surface area contributed by atoms with Crippen LogP contribution in [0.15, 0.2) is 11.3 Å². The first-order chi connectivity index (χ1) is 5.00. The Balaban J connectivity index is 4.83. The van der Waals surface area contributed by atoms with Crippen molar-refractivity contribution in [1.29, 1.82) is 0 Å². The van der Waals surface area contributed by atoms with Crippen molar-refractivity contribution in [3.8, 4) is 0 Å². The predicted molar refractivity (Wildman–Crippen MR) is 39.6 cm³/mol. The third kappa shape index (κ3) is 2.41. The molecule has 0 radical (unpaired) electrons. The number of allylic oxidation sites excluding steroid dienone is 1. The third-order valence-corrected chi connectivity index (χ3v) is 1.23. The maximum Gasteiger partial charge on any atom is 0.248 e. The predicted octanol–water partition coefficient (Wildman–Crippen LogP) is -0.0189. The lowest BCUT2D eigenvalue weighted by atomic mass is 10.2. The third-order valence-electron chi connectivity index (χ3n) is 1.23. The van der Waals surface area contributed by atoms with E-state index in [1.807, 2.05) is 0 Å². The summed E-state index contributed by atoms with van der Waals surface area (Å²) in [5.74, 6) is -0.918. The summed E-state index contributed by atoms with van der Waals surface area (Å²) in [6, 6.07) is 0. The average Bonchev–Trinajstić information content (AvgIpc) is 1.88. The van der Waals surface area contributed by atoms with E-state index in [2.05, 4.69) is 4.74 Å². The summed E-state index contributed by atoms with van der Waals surface area (Å²) in [4.78, 5) is 21.3. The number of hydrogen-bond donors (Lipinski definition) is 1.